The predicted octanol–water partition coefficient (Wildman–Crippen LogP) is 3.13. The van der Waals surface area contributed by atoms with Crippen LogP contribution in [0, 0.1) is 0 Å². The summed E-state index contributed by atoms with van der Waals surface area (Å²) in [6.07, 6.45) is 8.71. The summed E-state index contributed by atoms with van der Waals surface area (Å²) in [4.78, 5) is 19.7. The molecule has 0 aliphatic carbocycles. The van der Waals surface area contributed by atoms with Crippen molar-refractivity contribution in [3.8, 4) is 0 Å². The average Bonchev–Trinajstić information content (AvgIpc) is 3.14. The number of para-hydroxylation sites is 1. The Kier molecular flexibility index (Phi) is 3.99. The van der Waals surface area contributed by atoms with Crippen molar-refractivity contribution < 1.29 is 4.79 Å². The van der Waals surface area contributed by atoms with E-state index in [1.807, 2.05) is 52.2 Å². The molecule has 3 aromatic rings. The van der Waals surface area contributed by atoms with Crippen molar-refractivity contribution in [2.75, 3.05) is 6.54 Å². The fourth-order valence-corrected chi connectivity index (χ4v) is 3.51. The molecule has 5 nitrogen and oxygen atoms in total. The molecule has 4 rings (SSSR count). The maximum Gasteiger partial charge on any atom is 0.256 e. The Morgan fingerprint density at radius 3 is 2.92 bits per heavy atom. The molecular weight excluding hydrogens is 300 g/mol. The van der Waals surface area contributed by atoms with E-state index < -0.39 is 0 Å². The van der Waals surface area contributed by atoms with Crippen LogP contribution in [0.3, 0.4) is 0 Å². The Morgan fingerprint density at radius 1 is 1.12 bits per heavy atom. The smallest absolute Gasteiger partial charge is 0.256 e. The van der Waals surface area contributed by atoms with Gasteiger partial charge in [-0.05, 0) is 37.5 Å². The van der Waals surface area contributed by atoms with Gasteiger partial charge in [0.2, 0.25) is 0 Å². The molecule has 1 fully saturated rings. The van der Waals surface area contributed by atoms with Gasteiger partial charge in [-0.2, -0.15) is 5.10 Å². The Hall–Kier alpha value is -2.69. The Balaban J connectivity index is 1.65. The van der Waals surface area contributed by atoms with Crippen LogP contribution in [0.1, 0.15) is 29.6 Å². The number of fused-ring (bicyclic) bond motifs is 1. The summed E-state index contributed by atoms with van der Waals surface area (Å²) < 4.78 is 1.91. The number of nitrogens with zero attached hydrogens (tertiary/aromatic N) is 4. The van der Waals surface area contributed by atoms with Crippen molar-refractivity contribution in [3.63, 3.8) is 0 Å². The van der Waals surface area contributed by atoms with E-state index in [1.54, 1.807) is 12.4 Å². The highest BCUT2D eigenvalue weighted by molar-refractivity contribution is 6.05. The first kappa shape index (κ1) is 14.9. The minimum atomic E-state index is 0.0798. The van der Waals surface area contributed by atoms with E-state index in [9.17, 15) is 4.79 Å². The number of hydrogen-bond donors (Lipinski definition) is 0. The SMILES string of the molecule is O=C(c1cccc2cccnc12)N1CCCCC1Cn1cccn1. The molecule has 1 aliphatic rings. The molecule has 2 aromatic heterocycles. The lowest BCUT2D eigenvalue weighted by Crippen LogP contribution is -2.46. The quantitative estimate of drug-likeness (QED) is 0.745. The van der Waals surface area contributed by atoms with Gasteiger partial charge in [-0.1, -0.05) is 18.2 Å². The average molecular weight is 320 g/mol. The molecule has 1 aliphatic heterocycles. The molecule has 0 radical (unpaired) electrons. The van der Waals surface area contributed by atoms with Crippen LogP contribution in [-0.2, 0) is 6.54 Å². The van der Waals surface area contributed by atoms with E-state index in [4.69, 9.17) is 0 Å². The van der Waals surface area contributed by atoms with E-state index in [2.05, 4.69) is 10.1 Å². The van der Waals surface area contributed by atoms with Crippen LogP contribution in [0.2, 0.25) is 0 Å². The summed E-state index contributed by atoms with van der Waals surface area (Å²) in [6, 6.07) is 11.8. The zero-order valence-corrected chi connectivity index (χ0v) is 13.5. The highest BCUT2D eigenvalue weighted by Gasteiger charge is 2.28. The van der Waals surface area contributed by atoms with Gasteiger partial charge in [-0.25, -0.2) is 0 Å². The third-order valence-corrected chi connectivity index (χ3v) is 4.71. The van der Waals surface area contributed by atoms with Gasteiger partial charge >= 0.3 is 0 Å². The van der Waals surface area contributed by atoms with Crippen LogP contribution in [0.4, 0.5) is 0 Å². The number of aromatic nitrogens is 3. The number of piperidine rings is 1. The summed E-state index contributed by atoms with van der Waals surface area (Å²) in [5.41, 5.74) is 1.48. The van der Waals surface area contributed by atoms with Gasteiger partial charge in [0, 0.05) is 30.5 Å². The first-order valence-corrected chi connectivity index (χ1v) is 8.45. The maximum absolute atomic E-state index is 13.2. The third-order valence-electron chi connectivity index (χ3n) is 4.71. The number of rotatable bonds is 3. The number of pyridine rings is 1. The lowest BCUT2D eigenvalue weighted by atomic mass is 10.00. The fraction of sp³-hybridized carbons (Fsp3) is 0.316. The Bertz CT molecular complexity index is 838. The van der Waals surface area contributed by atoms with Crippen molar-refractivity contribution >= 4 is 16.8 Å². The summed E-state index contributed by atoms with van der Waals surface area (Å²) in [7, 11) is 0. The highest BCUT2D eigenvalue weighted by atomic mass is 16.2. The number of benzene rings is 1. The molecule has 1 atom stereocenters. The molecular formula is C19H20N4O. The first-order valence-electron chi connectivity index (χ1n) is 8.45. The number of carbonyl (C=O) groups is 1. The molecule has 0 spiro atoms. The van der Waals surface area contributed by atoms with Crippen LogP contribution >= 0.6 is 0 Å². The minimum absolute atomic E-state index is 0.0798. The molecule has 0 N–H and O–H groups in total. The monoisotopic (exact) mass is 320 g/mol. The maximum atomic E-state index is 13.2. The van der Waals surface area contributed by atoms with Crippen LogP contribution in [0.25, 0.3) is 10.9 Å². The fourth-order valence-electron chi connectivity index (χ4n) is 3.51. The number of carbonyl (C=O) groups excluding carboxylic acids is 1. The van der Waals surface area contributed by atoms with Crippen LogP contribution in [-0.4, -0.2) is 38.2 Å². The lowest BCUT2D eigenvalue weighted by Gasteiger charge is -2.36. The molecule has 1 aromatic carbocycles. The zero-order valence-electron chi connectivity index (χ0n) is 13.5. The van der Waals surface area contributed by atoms with Gasteiger partial charge in [-0.15, -0.1) is 0 Å². The molecule has 1 saturated heterocycles. The predicted molar refractivity (Wildman–Crippen MR) is 92.6 cm³/mol. The molecule has 1 amide bonds. The zero-order chi connectivity index (χ0) is 16.4. The molecule has 24 heavy (non-hydrogen) atoms. The second-order valence-electron chi connectivity index (χ2n) is 6.26. The molecule has 122 valence electrons. The van der Waals surface area contributed by atoms with E-state index in [0.29, 0.717) is 5.56 Å². The van der Waals surface area contributed by atoms with Crippen molar-refractivity contribution in [2.45, 2.75) is 31.8 Å². The van der Waals surface area contributed by atoms with E-state index in [-0.39, 0.29) is 11.9 Å². The first-order chi connectivity index (χ1) is 11.8. The Morgan fingerprint density at radius 2 is 2.04 bits per heavy atom. The summed E-state index contributed by atoms with van der Waals surface area (Å²) in [5.74, 6) is 0.0798. The molecule has 1 unspecified atom stereocenters. The van der Waals surface area contributed by atoms with Crippen molar-refractivity contribution in [3.05, 3.63) is 60.6 Å². The van der Waals surface area contributed by atoms with Crippen LogP contribution < -0.4 is 0 Å². The molecule has 5 heteroatoms. The normalized spacial score (nSPS) is 18.0. The summed E-state index contributed by atoms with van der Waals surface area (Å²) in [5, 5.41) is 5.30. The van der Waals surface area contributed by atoms with E-state index in [1.165, 1.54) is 0 Å². The molecule has 0 bridgehead atoms. The molecule has 0 saturated carbocycles. The standard InChI is InChI=1S/C19H20N4O/c24-19(17-9-3-6-15-7-4-10-20-18(15)17)23-13-2-1-8-16(23)14-22-12-5-11-21-22/h3-7,9-12,16H,1-2,8,13-14H2. The second-order valence-corrected chi connectivity index (χ2v) is 6.26. The van der Waals surface area contributed by atoms with Crippen molar-refractivity contribution in [2.24, 2.45) is 0 Å². The van der Waals surface area contributed by atoms with Crippen molar-refractivity contribution in [1.29, 1.82) is 0 Å². The second kappa shape index (κ2) is 6.43. The van der Waals surface area contributed by atoms with Crippen molar-refractivity contribution in [1.82, 2.24) is 19.7 Å². The summed E-state index contributed by atoms with van der Waals surface area (Å²) in [6.45, 7) is 1.55. The van der Waals surface area contributed by atoms with Gasteiger partial charge in [-0.3, -0.25) is 14.5 Å². The van der Waals surface area contributed by atoms with E-state index >= 15 is 0 Å². The van der Waals surface area contributed by atoms with Crippen LogP contribution in [0.15, 0.2) is 55.0 Å². The van der Waals surface area contributed by atoms with Gasteiger partial charge < -0.3 is 4.90 Å². The van der Waals surface area contributed by atoms with Gasteiger partial charge in [0.15, 0.2) is 0 Å². The Labute approximate surface area is 140 Å². The minimum Gasteiger partial charge on any atom is -0.334 e. The van der Waals surface area contributed by atoms with Crippen LogP contribution in [0.5, 0.6) is 0 Å². The topological polar surface area (TPSA) is 51.0 Å². The number of hydrogen-bond acceptors (Lipinski definition) is 3. The third kappa shape index (κ3) is 2.77. The van der Waals surface area contributed by atoms with Gasteiger partial charge in [0.05, 0.1) is 23.7 Å². The van der Waals surface area contributed by atoms with Gasteiger partial charge in [0.25, 0.3) is 5.91 Å². The number of amides is 1. The van der Waals surface area contributed by atoms with E-state index in [0.717, 1.165) is 43.3 Å². The number of likely N-dealkylation sites (tertiary alicyclic amines) is 1. The molecule has 3 heterocycles. The largest absolute Gasteiger partial charge is 0.334 e. The highest BCUT2D eigenvalue weighted by Crippen LogP contribution is 2.24. The van der Waals surface area contributed by atoms with Gasteiger partial charge in [0.1, 0.15) is 0 Å². The summed E-state index contributed by atoms with van der Waals surface area (Å²) >= 11 is 0. The lowest BCUT2D eigenvalue weighted by molar-refractivity contribution is 0.0585.